The fraction of sp³-hybridized carbons (Fsp3) is 0.143. The molecule has 0 radical (unpaired) electrons. The van der Waals surface area contributed by atoms with Gasteiger partial charge in [-0.3, -0.25) is 0 Å². The van der Waals surface area contributed by atoms with Crippen molar-refractivity contribution in [3.8, 4) is 0 Å². The lowest BCUT2D eigenvalue weighted by Crippen LogP contribution is -1.81. The number of rotatable bonds is 0. The SMILES string of the molecule is Cc1ccccc1.N.N.O=[N+]([O-])O.O=[N+]([O-])O. The Bertz CT molecular complexity index is 274. The second-order valence-corrected chi connectivity index (χ2v) is 2.13. The zero-order valence-corrected chi connectivity index (χ0v) is 9.22. The van der Waals surface area contributed by atoms with E-state index in [0.717, 1.165) is 0 Å². The molecule has 10 nitrogen and oxygen atoms in total. The topological polar surface area (TPSA) is 197 Å². The van der Waals surface area contributed by atoms with Gasteiger partial charge in [-0.1, -0.05) is 35.9 Å². The zero-order valence-electron chi connectivity index (χ0n) is 9.22. The molecule has 100 valence electrons. The number of aryl methyl sites for hydroxylation is 1. The van der Waals surface area contributed by atoms with Crippen molar-refractivity contribution in [2.24, 2.45) is 0 Å². The van der Waals surface area contributed by atoms with Crippen molar-refractivity contribution in [3.63, 3.8) is 0 Å². The highest BCUT2D eigenvalue weighted by atomic mass is 16.9. The highest BCUT2D eigenvalue weighted by Crippen LogP contribution is 1.92. The van der Waals surface area contributed by atoms with Gasteiger partial charge in [0.15, 0.2) is 0 Å². The van der Waals surface area contributed by atoms with Crippen LogP contribution in [0.15, 0.2) is 30.3 Å². The second-order valence-electron chi connectivity index (χ2n) is 2.13. The van der Waals surface area contributed by atoms with Gasteiger partial charge in [-0.05, 0) is 6.92 Å². The molecule has 0 bridgehead atoms. The molecule has 1 rings (SSSR count). The molecule has 0 aliphatic carbocycles. The Labute approximate surface area is 96.9 Å². The van der Waals surface area contributed by atoms with Crippen LogP contribution in [0.1, 0.15) is 5.56 Å². The standard InChI is InChI=1S/C7H8.2HNO3.2H3N/c1-7-5-3-2-4-6-7;2*2-1(3)4;;/h2-6H,1H3;2*(H,2,3,4);2*1H3. The molecule has 1 aromatic carbocycles. The van der Waals surface area contributed by atoms with Crippen LogP contribution < -0.4 is 12.3 Å². The summed E-state index contributed by atoms with van der Waals surface area (Å²) in [5.74, 6) is 0. The lowest BCUT2D eigenvalue weighted by molar-refractivity contribution is -0.742. The summed E-state index contributed by atoms with van der Waals surface area (Å²) in [6.45, 7) is 2.08. The van der Waals surface area contributed by atoms with Crippen molar-refractivity contribution < 1.29 is 20.6 Å². The average Bonchev–Trinajstić information content (AvgIpc) is 2.03. The molecule has 0 heterocycles. The fourth-order valence-electron chi connectivity index (χ4n) is 0.534. The minimum Gasteiger partial charge on any atom is -0.344 e. The van der Waals surface area contributed by atoms with Gasteiger partial charge in [0.05, 0.1) is 0 Å². The minimum absolute atomic E-state index is 0. The van der Waals surface area contributed by atoms with Crippen LogP contribution in [0.3, 0.4) is 0 Å². The summed E-state index contributed by atoms with van der Waals surface area (Å²) in [6, 6.07) is 10.3. The summed E-state index contributed by atoms with van der Waals surface area (Å²) >= 11 is 0. The van der Waals surface area contributed by atoms with Gasteiger partial charge < -0.3 is 22.7 Å². The Kier molecular flexibility index (Phi) is 22.6. The van der Waals surface area contributed by atoms with Crippen molar-refractivity contribution in [2.45, 2.75) is 6.92 Å². The lowest BCUT2D eigenvalue weighted by Gasteiger charge is -1.82. The minimum atomic E-state index is -1.50. The van der Waals surface area contributed by atoms with Crippen molar-refractivity contribution in [2.75, 3.05) is 0 Å². The third kappa shape index (κ3) is 58.8. The van der Waals surface area contributed by atoms with Gasteiger partial charge in [-0.2, -0.15) is 0 Å². The van der Waals surface area contributed by atoms with E-state index in [4.69, 9.17) is 30.6 Å². The monoisotopic (exact) mass is 252 g/mol. The molecule has 0 unspecified atom stereocenters. The van der Waals surface area contributed by atoms with E-state index in [9.17, 15) is 0 Å². The molecular weight excluding hydrogens is 236 g/mol. The zero-order chi connectivity index (χ0) is 12.3. The van der Waals surface area contributed by atoms with Crippen molar-refractivity contribution in [1.29, 1.82) is 0 Å². The van der Waals surface area contributed by atoms with Crippen LogP contribution in [-0.4, -0.2) is 20.6 Å². The van der Waals surface area contributed by atoms with E-state index in [-0.39, 0.29) is 12.3 Å². The Balaban J connectivity index is -0.0000000755. The first kappa shape index (κ1) is 24.0. The molecule has 1 aromatic rings. The summed E-state index contributed by atoms with van der Waals surface area (Å²) < 4.78 is 0. The molecule has 0 fully saturated rings. The molecule has 10 heteroatoms. The van der Waals surface area contributed by atoms with E-state index in [0.29, 0.717) is 0 Å². The van der Waals surface area contributed by atoms with Crippen LogP contribution in [0.5, 0.6) is 0 Å². The normalized spacial score (nSPS) is 6.41. The third-order valence-electron chi connectivity index (χ3n) is 0.940. The maximum absolute atomic E-state index is 8.36. The lowest BCUT2D eigenvalue weighted by atomic mass is 10.2. The molecule has 0 aliphatic heterocycles. The fourth-order valence-corrected chi connectivity index (χ4v) is 0.534. The Morgan fingerprint density at radius 3 is 1.29 bits per heavy atom. The van der Waals surface area contributed by atoms with E-state index in [1.165, 1.54) is 5.56 Å². The summed E-state index contributed by atoms with van der Waals surface area (Å²) in [5, 5.41) is 27.3. The average molecular weight is 252 g/mol. The molecule has 0 saturated heterocycles. The Hall–Kier alpha value is -2.46. The molecule has 0 saturated carbocycles. The van der Waals surface area contributed by atoms with Gasteiger partial charge >= 0.3 is 0 Å². The molecule has 17 heavy (non-hydrogen) atoms. The Morgan fingerprint density at radius 1 is 0.941 bits per heavy atom. The van der Waals surface area contributed by atoms with Gasteiger partial charge in [0.2, 0.25) is 0 Å². The first-order valence-electron chi connectivity index (χ1n) is 3.54. The van der Waals surface area contributed by atoms with E-state index < -0.39 is 10.2 Å². The molecular formula is C7H16N4O6. The van der Waals surface area contributed by atoms with Crippen LogP contribution in [0.2, 0.25) is 0 Å². The smallest absolute Gasteiger partial charge is 0.291 e. The first-order chi connectivity index (χ1) is 6.86. The van der Waals surface area contributed by atoms with Crippen molar-refractivity contribution in [3.05, 3.63) is 56.1 Å². The quantitative estimate of drug-likeness (QED) is 0.394. The van der Waals surface area contributed by atoms with Crippen LogP contribution in [0, 0.1) is 27.2 Å². The molecule has 0 amide bonds. The summed E-state index contributed by atoms with van der Waals surface area (Å²) in [4.78, 5) is 16.7. The second kappa shape index (κ2) is 16.0. The predicted molar refractivity (Wildman–Crippen MR) is 58.8 cm³/mol. The van der Waals surface area contributed by atoms with Gasteiger partial charge in [0.25, 0.3) is 10.2 Å². The van der Waals surface area contributed by atoms with Crippen molar-refractivity contribution in [1.82, 2.24) is 12.3 Å². The van der Waals surface area contributed by atoms with Gasteiger partial charge in [-0.25, -0.2) is 0 Å². The molecule has 8 N–H and O–H groups in total. The first-order valence-corrected chi connectivity index (χ1v) is 3.54. The van der Waals surface area contributed by atoms with Gasteiger partial charge in [-0.15, -0.1) is 20.2 Å². The van der Waals surface area contributed by atoms with Gasteiger partial charge in [0.1, 0.15) is 0 Å². The molecule has 0 spiro atoms. The summed E-state index contributed by atoms with van der Waals surface area (Å²) in [6.07, 6.45) is 0. The predicted octanol–water partition coefficient (Wildman–Crippen LogP) is 1.62. The van der Waals surface area contributed by atoms with Crippen molar-refractivity contribution >= 4 is 0 Å². The number of nitrogens with zero attached hydrogens (tertiary/aromatic N) is 2. The van der Waals surface area contributed by atoms with Crippen LogP contribution in [0.25, 0.3) is 0 Å². The summed E-state index contributed by atoms with van der Waals surface area (Å²) in [5.41, 5.74) is 1.32. The van der Waals surface area contributed by atoms with E-state index >= 15 is 0 Å². The Morgan fingerprint density at radius 2 is 1.18 bits per heavy atom. The van der Waals surface area contributed by atoms with E-state index in [2.05, 4.69) is 19.1 Å². The summed E-state index contributed by atoms with van der Waals surface area (Å²) in [7, 11) is 0. The molecule has 0 atom stereocenters. The third-order valence-corrected chi connectivity index (χ3v) is 0.940. The maximum Gasteiger partial charge on any atom is 0.291 e. The maximum atomic E-state index is 8.36. The van der Waals surface area contributed by atoms with Crippen LogP contribution in [0.4, 0.5) is 0 Å². The number of hydrogen-bond donors (Lipinski definition) is 4. The number of hydrogen-bond acceptors (Lipinski definition) is 6. The highest BCUT2D eigenvalue weighted by molar-refractivity contribution is 5.11. The molecule has 0 aliphatic rings. The van der Waals surface area contributed by atoms with E-state index in [1.54, 1.807) is 0 Å². The van der Waals surface area contributed by atoms with Crippen LogP contribution >= 0.6 is 0 Å². The largest absolute Gasteiger partial charge is 0.344 e. The van der Waals surface area contributed by atoms with Crippen LogP contribution in [-0.2, 0) is 0 Å². The number of benzene rings is 1. The molecule has 0 aromatic heterocycles. The highest BCUT2D eigenvalue weighted by Gasteiger charge is 1.72. The van der Waals surface area contributed by atoms with E-state index in [1.807, 2.05) is 18.2 Å². The van der Waals surface area contributed by atoms with Gasteiger partial charge in [0, 0.05) is 0 Å².